The normalized spacial score (nSPS) is 34.2. The average molecular weight is 249 g/mol. The summed E-state index contributed by atoms with van der Waals surface area (Å²) in [5.74, 6) is 0.789. The van der Waals surface area contributed by atoms with Gasteiger partial charge in [-0.3, -0.25) is 0 Å². The lowest BCUT2D eigenvalue weighted by Gasteiger charge is -2.47. The van der Waals surface area contributed by atoms with E-state index in [9.17, 15) is 0 Å². The molecule has 2 atom stereocenters. The lowest BCUT2D eigenvalue weighted by atomic mass is 9.57. The maximum Gasteiger partial charge on any atom is 0.0409 e. The van der Waals surface area contributed by atoms with Crippen LogP contribution >= 0.6 is 11.6 Å². The molecule has 0 nitrogen and oxygen atoms in total. The van der Waals surface area contributed by atoms with Crippen molar-refractivity contribution in [1.29, 1.82) is 0 Å². The molecular weight excluding hydrogens is 228 g/mol. The molecule has 1 fully saturated rings. The molecule has 2 aliphatic rings. The zero-order chi connectivity index (χ0) is 12.3. The van der Waals surface area contributed by atoms with Crippen LogP contribution in [0.3, 0.4) is 0 Å². The van der Waals surface area contributed by atoms with Crippen LogP contribution in [0.5, 0.6) is 0 Å². The molecule has 1 heteroatoms. The van der Waals surface area contributed by atoms with Crippen LogP contribution in [0.25, 0.3) is 0 Å². The molecule has 0 spiro atoms. The van der Waals surface area contributed by atoms with Crippen molar-refractivity contribution in [3.8, 4) is 0 Å². The Morgan fingerprint density at radius 2 is 1.94 bits per heavy atom. The van der Waals surface area contributed by atoms with Crippen molar-refractivity contribution in [2.45, 2.75) is 51.9 Å². The van der Waals surface area contributed by atoms with Gasteiger partial charge >= 0.3 is 0 Å². The van der Waals surface area contributed by atoms with Crippen LogP contribution in [0.15, 0.2) is 18.2 Å². The molecule has 1 aromatic carbocycles. The molecule has 92 valence electrons. The Bertz CT molecular complexity index is 461. The summed E-state index contributed by atoms with van der Waals surface area (Å²) in [6.07, 6.45) is 5.30. The first-order chi connectivity index (χ1) is 7.93. The number of benzene rings is 1. The summed E-state index contributed by atoms with van der Waals surface area (Å²) in [6.45, 7) is 7.35. The number of halogens is 1. The summed E-state index contributed by atoms with van der Waals surface area (Å²) < 4.78 is 0. The second-order valence-electron chi connectivity index (χ2n) is 6.82. The fraction of sp³-hybridized carbons (Fsp3) is 0.625. The summed E-state index contributed by atoms with van der Waals surface area (Å²) in [7, 11) is 0. The van der Waals surface area contributed by atoms with Crippen molar-refractivity contribution in [2.75, 3.05) is 0 Å². The average Bonchev–Trinajstić information content (AvgIpc) is 2.53. The largest absolute Gasteiger partial charge is 0.0843 e. The molecule has 17 heavy (non-hydrogen) atoms. The molecule has 0 radical (unpaired) electrons. The van der Waals surface area contributed by atoms with Crippen LogP contribution in [0, 0.1) is 11.3 Å². The van der Waals surface area contributed by atoms with E-state index in [2.05, 4.69) is 32.9 Å². The van der Waals surface area contributed by atoms with Crippen molar-refractivity contribution < 1.29 is 0 Å². The minimum Gasteiger partial charge on any atom is -0.0843 e. The number of hydrogen-bond donors (Lipinski definition) is 0. The molecule has 1 saturated carbocycles. The van der Waals surface area contributed by atoms with E-state index in [1.807, 2.05) is 6.07 Å². The Balaban J connectivity index is 2.13. The van der Waals surface area contributed by atoms with Crippen molar-refractivity contribution in [2.24, 2.45) is 11.3 Å². The SMILES string of the molecule is CC1(C)CCC[C@@]2(C)c3cc(Cl)ccc3C[C@H]12. The summed E-state index contributed by atoms with van der Waals surface area (Å²) in [6, 6.07) is 6.52. The Kier molecular flexibility index (Phi) is 2.39. The van der Waals surface area contributed by atoms with Crippen molar-refractivity contribution in [3.63, 3.8) is 0 Å². The zero-order valence-electron chi connectivity index (χ0n) is 11.0. The first kappa shape index (κ1) is 11.6. The van der Waals surface area contributed by atoms with Gasteiger partial charge in [-0.15, -0.1) is 0 Å². The predicted molar refractivity (Wildman–Crippen MR) is 73.6 cm³/mol. The molecule has 0 aliphatic heterocycles. The van der Waals surface area contributed by atoms with Gasteiger partial charge in [-0.05, 0) is 59.3 Å². The van der Waals surface area contributed by atoms with E-state index in [4.69, 9.17) is 11.6 Å². The summed E-state index contributed by atoms with van der Waals surface area (Å²) in [4.78, 5) is 0. The van der Waals surface area contributed by atoms with Crippen LogP contribution in [0.2, 0.25) is 5.02 Å². The van der Waals surface area contributed by atoms with Crippen LogP contribution in [-0.2, 0) is 11.8 Å². The minimum atomic E-state index is 0.363. The fourth-order valence-corrected chi connectivity index (χ4v) is 4.60. The van der Waals surface area contributed by atoms with Crippen LogP contribution in [-0.4, -0.2) is 0 Å². The van der Waals surface area contributed by atoms with Gasteiger partial charge in [0.15, 0.2) is 0 Å². The Labute approximate surface area is 109 Å². The van der Waals surface area contributed by atoms with Gasteiger partial charge in [0.1, 0.15) is 0 Å². The lowest BCUT2D eigenvalue weighted by Crippen LogP contribution is -2.42. The van der Waals surface area contributed by atoms with Gasteiger partial charge in [-0.25, -0.2) is 0 Å². The lowest BCUT2D eigenvalue weighted by molar-refractivity contribution is 0.0702. The number of rotatable bonds is 0. The third-order valence-corrected chi connectivity index (χ3v) is 5.58. The summed E-state index contributed by atoms with van der Waals surface area (Å²) in [5, 5.41) is 0.897. The zero-order valence-corrected chi connectivity index (χ0v) is 11.8. The fourth-order valence-electron chi connectivity index (χ4n) is 4.42. The van der Waals surface area contributed by atoms with Gasteiger partial charge in [-0.1, -0.05) is 44.9 Å². The first-order valence-electron chi connectivity index (χ1n) is 6.72. The van der Waals surface area contributed by atoms with E-state index in [0.29, 0.717) is 10.8 Å². The standard InChI is InChI=1S/C16H21Cl/c1-15(2)7-4-8-16(3)13-10-12(17)6-5-11(13)9-14(15)16/h5-6,10,14H,4,7-9H2,1-3H3/t14-,16+/m1/s1. The molecule has 0 heterocycles. The van der Waals surface area contributed by atoms with Crippen molar-refractivity contribution in [3.05, 3.63) is 34.3 Å². The molecule has 0 amide bonds. The van der Waals surface area contributed by atoms with E-state index < -0.39 is 0 Å². The molecular formula is C16H21Cl. The van der Waals surface area contributed by atoms with Gasteiger partial charge in [0.2, 0.25) is 0 Å². The predicted octanol–water partition coefficient (Wildman–Crippen LogP) is 4.98. The van der Waals surface area contributed by atoms with E-state index in [-0.39, 0.29) is 0 Å². The highest BCUT2D eigenvalue weighted by Gasteiger charge is 2.51. The summed E-state index contributed by atoms with van der Waals surface area (Å²) >= 11 is 6.19. The second kappa shape index (κ2) is 3.51. The highest BCUT2D eigenvalue weighted by molar-refractivity contribution is 6.30. The van der Waals surface area contributed by atoms with Gasteiger partial charge in [0.25, 0.3) is 0 Å². The molecule has 3 rings (SSSR count). The third kappa shape index (κ3) is 1.57. The molecule has 2 aliphatic carbocycles. The maximum absolute atomic E-state index is 6.19. The third-order valence-electron chi connectivity index (χ3n) is 5.34. The van der Waals surface area contributed by atoms with Crippen molar-refractivity contribution in [1.82, 2.24) is 0 Å². The highest BCUT2D eigenvalue weighted by Crippen LogP contribution is 2.58. The van der Waals surface area contributed by atoms with Gasteiger partial charge in [0.05, 0.1) is 0 Å². The monoisotopic (exact) mass is 248 g/mol. The van der Waals surface area contributed by atoms with Gasteiger partial charge < -0.3 is 0 Å². The maximum atomic E-state index is 6.19. The van der Waals surface area contributed by atoms with Crippen LogP contribution in [0.1, 0.15) is 51.2 Å². The van der Waals surface area contributed by atoms with Crippen LogP contribution in [0.4, 0.5) is 0 Å². The highest BCUT2D eigenvalue weighted by atomic mass is 35.5. The van der Waals surface area contributed by atoms with Crippen molar-refractivity contribution >= 4 is 11.6 Å². The Morgan fingerprint density at radius 1 is 1.18 bits per heavy atom. The molecule has 0 bridgehead atoms. The Morgan fingerprint density at radius 3 is 2.71 bits per heavy atom. The van der Waals surface area contributed by atoms with Gasteiger partial charge in [-0.2, -0.15) is 0 Å². The van der Waals surface area contributed by atoms with E-state index in [0.717, 1.165) is 10.9 Å². The first-order valence-corrected chi connectivity index (χ1v) is 7.10. The smallest absolute Gasteiger partial charge is 0.0409 e. The van der Waals surface area contributed by atoms with E-state index >= 15 is 0 Å². The quantitative estimate of drug-likeness (QED) is 0.608. The second-order valence-corrected chi connectivity index (χ2v) is 7.25. The van der Waals surface area contributed by atoms with Crippen LogP contribution < -0.4 is 0 Å². The van der Waals surface area contributed by atoms with E-state index in [1.165, 1.54) is 36.8 Å². The topological polar surface area (TPSA) is 0 Å². The summed E-state index contributed by atoms with van der Waals surface area (Å²) in [5.41, 5.74) is 3.90. The number of fused-ring (bicyclic) bond motifs is 3. The number of hydrogen-bond acceptors (Lipinski definition) is 0. The molecule has 1 aromatic rings. The molecule has 0 aromatic heterocycles. The molecule has 0 unspecified atom stereocenters. The Hall–Kier alpha value is -0.490. The molecule has 0 N–H and O–H groups in total. The van der Waals surface area contributed by atoms with E-state index in [1.54, 1.807) is 0 Å². The molecule has 0 saturated heterocycles. The minimum absolute atomic E-state index is 0.363. The van der Waals surface area contributed by atoms with Gasteiger partial charge in [0, 0.05) is 5.02 Å².